The molecule has 0 amide bonds. The molecule has 1 fully saturated rings. The van der Waals surface area contributed by atoms with Crippen LogP contribution in [0.2, 0.25) is 0 Å². The van der Waals surface area contributed by atoms with Crippen LogP contribution in [0, 0.1) is 6.92 Å². The van der Waals surface area contributed by atoms with Crippen LogP contribution in [0.15, 0.2) is 12.1 Å². The third kappa shape index (κ3) is 1.44. The first-order valence-corrected chi connectivity index (χ1v) is 5.01. The first-order valence-electron chi connectivity index (χ1n) is 5.01. The van der Waals surface area contributed by atoms with E-state index in [0.717, 1.165) is 24.1 Å². The molecule has 1 atom stereocenters. The van der Waals surface area contributed by atoms with Crippen molar-refractivity contribution in [2.75, 3.05) is 12.3 Å². The molecule has 0 saturated carbocycles. The number of benzene rings is 1. The van der Waals surface area contributed by atoms with E-state index in [9.17, 15) is 5.11 Å². The van der Waals surface area contributed by atoms with E-state index in [1.807, 2.05) is 13.0 Å². The number of phenolic OH excluding ortho intramolecular Hbond substituents is 1. The summed E-state index contributed by atoms with van der Waals surface area (Å²) >= 11 is 0. The van der Waals surface area contributed by atoms with Crippen LogP contribution in [0.5, 0.6) is 5.75 Å². The first kappa shape index (κ1) is 9.34. The number of aromatic hydroxyl groups is 1. The molecule has 0 aliphatic carbocycles. The van der Waals surface area contributed by atoms with Crippen molar-refractivity contribution in [2.24, 2.45) is 0 Å². The summed E-state index contributed by atoms with van der Waals surface area (Å²) in [4.78, 5) is 0. The van der Waals surface area contributed by atoms with Crippen molar-refractivity contribution < 1.29 is 5.11 Å². The summed E-state index contributed by atoms with van der Waals surface area (Å²) in [6.45, 7) is 3.03. The predicted molar refractivity (Wildman–Crippen MR) is 57.2 cm³/mol. The maximum absolute atomic E-state index is 9.87. The quantitative estimate of drug-likeness (QED) is 0.469. The molecule has 4 N–H and O–H groups in total. The Morgan fingerprint density at radius 1 is 1.50 bits per heavy atom. The van der Waals surface area contributed by atoms with E-state index in [0.29, 0.717) is 5.69 Å². The van der Waals surface area contributed by atoms with Gasteiger partial charge in [0.05, 0.1) is 5.69 Å². The van der Waals surface area contributed by atoms with Crippen LogP contribution >= 0.6 is 0 Å². The molecule has 1 aliphatic heterocycles. The molecule has 1 heterocycles. The summed E-state index contributed by atoms with van der Waals surface area (Å²) in [5.74, 6) is 0.254. The Morgan fingerprint density at radius 3 is 2.93 bits per heavy atom. The van der Waals surface area contributed by atoms with Crippen LogP contribution in [0.1, 0.15) is 30.0 Å². The number of rotatable bonds is 1. The standard InChI is InChI=1S/C11H16N2O/c1-7-4-5-8(12)11(14)10(7)9-3-2-6-13-9/h4-5,9,13-14H,2-3,6,12H2,1H3/t9-/m0/s1. The summed E-state index contributed by atoms with van der Waals surface area (Å²) in [7, 11) is 0. The monoisotopic (exact) mass is 192 g/mol. The van der Waals surface area contributed by atoms with Gasteiger partial charge in [-0.3, -0.25) is 0 Å². The van der Waals surface area contributed by atoms with E-state index in [1.165, 1.54) is 6.42 Å². The zero-order valence-corrected chi connectivity index (χ0v) is 8.38. The van der Waals surface area contributed by atoms with Gasteiger partial charge in [-0.2, -0.15) is 0 Å². The van der Waals surface area contributed by atoms with Crippen molar-refractivity contribution in [3.05, 3.63) is 23.3 Å². The van der Waals surface area contributed by atoms with Crippen molar-refractivity contribution >= 4 is 5.69 Å². The van der Waals surface area contributed by atoms with Gasteiger partial charge < -0.3 is 16.2 Å². The SMILES string of the molecule is Cc1ccc(N)c(O)c1[C@@H]1CCCN1. The average Bonchev–Trinajstić information content (AvgIpc) is 2.65. The fraction of sp³-hybridized carbons (Fsp3) is 0.455. The fourth-order valence-corrected chi connectivity index (χ4v) is 2.10. The normalized spacial score (nSPS) is 21.4. The summed E-state index contributed by atoms with van der Waals surface area (Å²) in [5.41, 5.74) is 8.23. The van der Waals surface area contributed by atoms with Gasteiger partial charge in [0.2, 0.25) is 0 Å². The minimum Gasteiger partial charge on any atom is -0.505 e. The van der Waals surface area contributed by atoms with Gasteiger partial charge in [-0.25, -0.2) is 0 Å². The summed E-state index contributed by atoms with van der Waals surface area (Å²) in [5, 5.41) is 13.2. The van der Waals surface area contributed by atoms with E-state index in [-0.39, 0.29) is 11.8 Å². The molecule has 76 valence electrons. The topological polar surface area (TPSA) is 58.3 Å². The van der Waals surface area contributed by atoms with Gasteiger partial charge in [-0.05, 0) is 37.9 Å². The second kappa shape index (κ2) is 3.50. The zero-order valence-electron chi connectivity index (χ0n) is 8.38. The number of hydrogen-bond acceptors (Lipinski definition) is 3. The van der Waals surface area contributed by atoms with Crippen molar-refractivity contribution in [1.29, 1.82) is 0 Å². The summed E-state index contributed by atoms with van der Waals surface area (Å²) < 4.78 is 0. The number of aryl methyl sites for hydroxylation is 1. The maximum Gasteiger partial charge on any atom is 0.143 e. The summed E-state index contributed by atoms with van der Waals surface area (Å²) in [6.07, 6.45) is 2.25. The molecule has 0 unspecified atom stereocenters. The zero-order chi connectivity index (χ0) is 10.1. The third-order valence-corrected chi connectivity index (χ3v) is 2.88. The largest absolute Gasteiger partial charge is 0.505 e. The lowest BCUT2D eigenvalue weighted by molar-refractivity contribution is 0.458. The molecule has 1 aromatic rings. The highest BCUT2D eigenvalue weighted by atomic mass is 16.3. The third-order valence-electron chi connectivity index (χ3n) is 2.88. The average molecular weight is 192 g/mol. The molecule has 3 nitrogen and oxygen atoms in total. The molecule has 2 rings (SSSR count). The highest BCUT2D eigenvalue weighted by molar-refractivity contribution is 5.59. The number of hydrogen-bond donors (Lipinski definition) is 3. The fourth-order valence-electron chi connectivity index (χ4n) is 2.10. The number of nitrogen functional groups attached to an aromatic ring is 1. The molecule has 0 bridgehead atoms. The van der Waals surface area contributed by atoms with Gasteiger partial charge >= 0.3 is 0 Å². The van der Waals surface area contributed by atoms with Crippen LogP contribution in [0.25, 0.3) is 0 Å². The molecule has 14 heavy (non-hydrogen) atoms. The number of nitrogens with two attached hydrogens (primary N) is 1. The van der Waals surface area contributed by atoms with Crippen molar-refractivity contribution in [3.63, 3.8) is 0 Å². The Kier molecular flexibility index (Phi) is 2.33. The van der Waals surface area contributed by atoms with E-state index >= 15 is 0 Å². The van der Waals surface area contributed by atoms with Crippen LogP contribution in [0.4, 0.5) is 5.69 Å². The van der Waals surface area contributed by atoms with Crippen LogP contribution < -0.4 is 11.1 Å². The van der Waals surface area contributed by atoms with Crippen molar-refractivity contribution in [1.82, 2.24) is 5.32 Å². The molecular formula is C11H16N2O. The molecule has 1 saturated heterocycles. The Hall–Kier alpha value is -1.22. The second-order valence-electron chi connectivity index (χ2n) is 3.88. The van der Waals surface area contributed by atoms with Gasteiger partial charge in [0.25, 0.3) is 0 Å². The van der Waals surface area contributed by atoms with Crippen LogP contribution in [-0.4, -0.2) is 11.7 Å². The van der Waals surface area contributed by atoms with Gasteiger partial charge in [-0.15, -0.1) is 0 Å². The Morgan fingerprint density at radius 2 is 2.29 bits per heavy atom. The lowest BCUT2D eigenvalue weighted by atomic mass is 9.98. The highest BCUT2D eigenvalue weighted by Gasteiger charge is 2.21. The molecular weight excluding hydrogens is 176 g/mol. The van der Waals surface area contributed by atoms with Gasteiger partial charge in [-0.1, -0.05) is 6.07 Å². The smallest absolute Gasteiger partial charge is 0.143 e. The Balaban J connectivity index is 2.44. The van der Waals surface area contributed by atoms with Gasteiger partial charge in [0.1, 0.15) is 5.75 Å². The number of anilines is 1. The number of nitrogens with one attached hydrogen (secondary N) is 1. The van der Waals surface area contributed by atoms with Crippen LogP contribution in [-0.2, 0) is 0 Å². The number of phenols is 1. The lowest BCUT2D eigenvalue weighted by Crippen LogP contribution is -2.14. The van der Waals surface area contributed by atoms with E-state index in [1.54, 1.807) is 6.07 Å². The Labute approximate surface area is 83.9 Å². The summed E-state index contributed by atoms with van der Waals surface area (Å²) in [6, 6.07) is 3.99. The van der Waals surface area contributed by atoms with E-state index < -0.39 is 0 Å². The first-order chi connectivity index (χ1) is 6.70. The molecule has 0 aromatic heterocycles. The van der Waals surface area contributed by atoms with E-state index in [4.69, 9.17) is 5.73 Å². The molecule has 0 radical (unpaired) electrons. The van der Waals surface area contributed by atoms with Crippen molar-refractivity contribution in [2.45, 2.75) is 25.8 Å². The van der Waals surface area contributed by atoms with Crippen molar-refractivity contribution in [3.8, 4) is 5.75 Å². The molecule has 1 aliphatic rings. The predicted octanol–water partition coefficient (Wildman–Crippen LogP) is 1.71. The van der Waals surface area contributed by atoms with Gasteiger partial charge in [0.15, 0.2) is 0 Å². The van der Waals surface area contributed by atoms with Gasteiger partial charge in [0, 0.05) is 11.6 Å². The lowest BCUT2D eigenvalue weighted by Gasteiger charge is -2.16. The molecule has 0 spiro atoms. The van der Waals surface area contributed by atoms with E-state index in [2.05, 4.69) is 5.32 Å². The van der Waals surface area contributed by atoms with Crippen LogP contribution in [0.3, 0.4) is 0 Å². The minimum atomic E-state index is 0.254. The molecule has 3 heteroatoms. The minimum absolute atomic E-state index is 0.254. The Bertz CT molecular complexity index is 343. The second-order valence-corrected chi connectivity index (χ2v) is 3.88. The maximum atomic E-state index is 9.87. The molecule has 1 aromatic carbocycles. The highest BCUT2D eigenvalue weighted by Crippen LogP contribution is 2.36.